The van der Waals surface area contributed by atoms with Crippen molar-refractivity contribution in [3.05, 3.63) is 12.2 Å². The number of hydrogen-bond donors (Lipinski definition) is 1. The highest BCUT2D eigenvalue weighted by atomic mass is 16.5. The van der Waals surface area contributed by atoms with Crippen LogP contribution in [0.2, 0.25) is 0 Å². The van der Waals surface area contributed by atoms with Crippen LogP contribution in [-0.2, 0) is 14.3 Å². The molecule has 1 amide bonds. The van der Waals surface area contributed by atoms with E-state index in [-0.39, 0.29) is 5.91 Å². The second-order valence-corrected chi connectivity index (χ2v) is 3.57. The van der Waals surface area contributed by atoms with Gasteiger partial charge in [-0.3, -0.25) is 4.79 Å². The van der Waals surface area contributed by atoms with Crippen LogP contribution in [0.5, 0.6) is 0 Å². The molecule has 1 heterocycles. The van der Waals surface area contributed by atoms with Gasteiger partial charge in [-0.05, 0) is 6.42 Å². The number of nitrogens with zero attached hydrogens (tertiary/aromatic N) is 1. The summed E-state index contributed by atoms with van der Waals surface area (Å²) < 4.78 is 5.00. The monoisotopic (exact) mass is 213 g/mol. The summed E-state index contributed by atoms with van der Waals surface area (Å²) in [5.74, 6) is -0.968. The second-order valence-electron chi connectivity index (χ2n) is 3.57. The van der Waals surface area contributed by atoms with E-state index in [0.29, 0.717) is 25.6 Å². The van der Waals surface area contributed by atoms with Gasteiger partial charge in [0.05, 0.1) is 6.61 Å². The number of rotatable bonds is 4. The largest absolute Gasteiger partial charge is 0.478 e. The van der Waals surface area contributed by atoms with E-state index in [1.54, 1.807) is 12.0 Å². The minimum Gasteiger partial charge on any atom is -0.478 e. The topological polar surface area (TPSA) is 66.8 Å². The number of carboxylic acid groups (broad SMARTS) is 1. The van der Waals surface area contributed by atoms with Gasteiger partial charge < -0.3 is 14.7 Å². The Labute approximate surface area is 88.3 Å². The number of ether oxygens (including phenoxy) is 1. The van der Waals surface area contributed by atoms with Crippen LogP contribution in [0.4, 0.5) is 0 Å². The van der Waals surface area contributed by atoms with E-state index >= 15 is 0 Å². The Morgan fingerprint density at radius 2 is 2.27 bits per heavy atom. The number of hydrogen-bond acceptors (Lipinski definition) is 3. The van der Waals surface area contributed by atoms with E-state index in [1.807, 2.05) is 0 Å². The van der Waals surface area contributed by atoms with Crippen molar-refractivity contribution in [2.24, 2.45) is 5.92 Å². The molecule has 0 aromatic rings. The van der Waals surface area contributed by atoms with Gasteiger partial charge in [0.25, 0.3) is 0 Å². The molecule has 5 heteroatoms. The Morgan fingerprint density at radius 3 is 2.87 bits per heavy atom. The van der Waals surface area contributed by atoms with Gasteiger partial charge in [-0.15, -0.1) is 0 Å². The van der Waals surface area contributed by atoms with Gasteiger partial charge >= 0.3 is 5.97 Å². The quantitative estimate of drug-likeness (QED) is 0.674. The van der Waals surface area contributed by atoms with Crippen molar-refractivity contribution in [3.63, 3.8) is 0 Å². The van der Waals surface area contributed by atoms with Gasteiger partial charge in [0.2, 0.25) is 5.91 Å². The van der Waals surface area contributed by atoms with Crippen LogP contribution in [0.15, 0.2) is 12.2 Å². The van der Waals surface area contributed by atoms with E-state index in [4.69, 9.17) is 9.84 Å². The Bertz CT molecular complexity index is 275. The predicted octanol–water partition coefficient (Wildman–Crippen LogP) is 0.122. The summed E-state index contributed by atoms with van der Waals surface area (Å²) in [5, 5.41) is 8.36. The van der Waals surface area contributed by atoms with Crippen molar-refractivity contribution in [1.29, 1.82) is 0 Å². The van der Waals surface area contributed by atoms with Crippen molar-refractivity contribution in [2.75, 3.05) is 26.8 Å². The first-order valence-corrected chi connectivity index (χ1v) is 4.82. The molecule has 0 aliphatic carbocycles. The third-order valence-corrected chi connectivity index (χ3v) is 2.37. The Balaban J connectivity index is 2.39. The lowest BCUT2D eigenvalue weighted by molar-refractivity contribution is -0.132. The fraction of sp³-hybridized carbons (Fsp3) is 0.600. The second kappa shape index (κ2) is 5.50. The minimum absolute atomic E-state index is 0.240. The average molecular weight is 213 g/mol. The number of amides is 1. The fourth-order valence-electron chi connectivity index (χ4n) is 1.65. The van der Waals surface area contributed by atoms with Gasteiger partial charge in [-0.1, -0.05) is 0 Å². The molecule has 1 saturated heterocycles. The van der Waals surface area contributed by atoms with Crippen molar-refractivity contribution < 1.29 is 19.4 Å². The first-order valence-electron chi connectivity index (χ1n) is 4.82. The first kappa shape index (κ1) is 11.7. The van der Waals surface area contributed by atoms with Gasteiger partial charge in [-0.2, -0.15) is 0 Å². The highest BCUT2D eigenvalue weighted by Crippen LogP contribution is 2.16. The van der Waals surface area contributed by atoms with Crippen molar-refractivity contribution in [1.82, 2.24) is 4.90 Å². The van der Waals surface area contributed by atoms with Crippen LogP contribution >= 0.6 is 0 Å². The van der Waals surface area contributed by atoms with Crippen molar-refractivity contribution in [3.8, 4) is 0 Å². The molecular weight excluding hydrogens is 198 g/mol. The smallest absolute Gasteiger partial charge is 0.328 e. The summed E-state index contributed by atoms with van der Waals surface area (Å²) in [7, 11) is 1.63. The van der Waals surface area contributed by atoms with Crippen LogP contribution in [-0.4, -0.2) is 48.7 Å². The number of carboxylic acids is 1. The summed E-state index contributed by atoms with van der Waals surface area (Å²) in [6.45, 7) is 1.97. The van der Waals surface area contributed by atoms with Gasteiger partial charge in [0, 0.05) is 38.3 Å². The zero-order valence-corrected chi connectivity index (χ0v) is 8.68. The molecule has 0 unspecified atom stereocenters. The third-order valence-electron chi connectivity index (χ3n) is 2.37. The summed E-state index contributed by atoms with van der Waals surface area (Å²) >= 11 is 0. The molecule has 1 fully saturated rings. The van der Waals surface area contributed by atoms with E-state index in [2.05, 4.69) is 0 Å². The predicted molar refractivity (Wildman–Crippen MR) is 53.3 cm³/mol. The zero-order chi connectivity index (χ0) is 11.3. The molecule has 0 aromatic carbocycles. The lowest BCUT2D eigenvalue weighted by Crippen LogP contribution is -2.27. The number of methoxy groups -OCH3 is 1. The Kier molecular flexibility index (Phi) is 4.30. The molecule has 0 bridgehead atoms. The summed E-state index contributed by atoms with van der Waals surface area (Å²) in [4.78, 5) is 23.3. The molecule has 1 aliphatic rings. The van der Waals surface area contributed by atoms with Gasteiger partial charge in [0.1, 0.15) is 0 Å². The molecule has 1 atom stereocenters. The molecule has 1 rings (SSSR count). The molecule has 0 spiro atoms. The minimum atomic E-state index is -1.10. The lowest BCUT2D eigenvalue weighted by Gasteiger charge is -2.13. The number of likely N-dealkylation sites (tertiary alicyclic amines) is 1. The van der Waals surface area contributed by atoms with E-state index < -0.39 is 5.97 Å². The summed E-state index contributed by atoms with van der Waals surface area (Å²) in [6.07, 6.45) is 2.88. The Hall–Kier alpha value is -1.36. The molecule has 0 saturated carbocycles. The van der Waals surface area contributed by atoms with E-state index in [1.165, 1.54) is 0 Å². The summed E-state index contributed by atoms with van der Waals surface area (Å²) in [6, 6.07) is 0. The normalized spacial score (nSPS) is 21.1. The van der Waals surface area contributed by atoms with Crippen LogP contribution in [0.3, 0.4) is 0 Å². The number of aliphatic carboxylic acids is 1. The van der Waals surface area contributed by atoms with Crippen LogP contribution in [0.25, 0.3) is 0 Å². The van der Waals surface area contributed by atoms with Gasteiger partial charge in [0.15, 0.2) is 0 Å². The molecule has 5 nitrogen and oxygen atoms in total. The maximum absolute atomic E-state index is 11.4. The highest BCUT2D eigenvalue weighted by molar-refractivity contribution is 5.94. The molecule has 1 N–H and O–H groups in total. The van der Waals surface area contributed by atoms with Crippen LogP contribution in [0.1, 0.15) is 6.42 Å². The average Bonchev–Trinajstić information content (AvgIpc) is 2.63. The molecule has 0 radical (unpaired) electrons. The van der Waals surface area contributed by atoms with Crippen molar-refractivity contribution >= 4 is 11.9 Å². The first-order chi connectivity index (χ1) is 7.13. The summed E-state index contributed by atoms with van der Waals surface area (Å²) in [5.41, 5.74) is 0. The van der Waals surface area contributed by atoms with E-state index in [9.17, 15) is 9.59 Å². The molecule has 1 aliphatic heterocycles. The van der Waals surface area contributed by atoms with Crippen molar-refractivity contribution in [2.45, 2.75) is 6.42 Å². The fourth-order valence-corrected chi connectivity index (χ4v) is 1.65. The highest BCUT2D eigenvalue weighted by Gasteiger charge is 2.24. The van der Waals surface area contributed by atoms with E-state index in [0.717, 1.165) is 18.6 Å². The zero-order valence-electron chi connectivity index (χ0n) is 8.68. The maximum Gasteiger partial charge on any atom is 0.328 e. The number of carbonyl (C=O) groups is 2. The molecule has 84 valence electrons. The SMILES string of the molecule is COC[C@@H]1CCN(C(=O)/C=C/C(=O)O)C1. The Morgan fingerprint density at radius 1 is 1.53 bits per heavy atom. The third kappa shape index (κ3) is 3.71. The number of carbonyl (C=O) groups excluding carboxylic acids is 1. The molecule has 0 aromatic heterocycles. The standard InChI is InChI=1S/C10H15NO4/c1-15-7-8-4-5-11(6-8)9(12)2-3-10(13)14/h2-3,8H,4-7H2,1H3,(H,13,14)/b3-2+/t8-/m1/s1. The van der Waals surface area contributed by atoms with Crippen LogP contribution in [0, 0.1) is 5.92 Å². The maximum atomic E-state index is 11.4. The lowest BCUT2D eigenvalue weighted by atomic mass is 10.1. The molecular formula is C10H15NO4. The van der Waals surface area contributed by atoms with Gasteiger partial charge in [-0.25, -0.2) is 4.79 Å². The molecule has 15 heavy (non-hydrogen) atoms. The van der Waals surface area contributed by atoms with Crippen LogP contribution < -0.4 is 0 Å².